The SMILES string of the molecule is C=CCN(CC=C)N(C)C.Cl. The van der Waals surface area contributed by atoms with Gasteiger partial charge in [0.2, 0.25) is 0 Å². The molecule has 0 aliphatic heterocycles. The second kappa shape index (κ2) is 7.79. The van der Waals surface area contributed by atoms with Crippen LogP contribution in [0.3, 0.4) is 0 Å². The van der Waals surface area contributed by atoms with Gasteiger partial charge in [-0.25, -0.2) is 10.0 Å². The van der Waals surface area contributed by atoms with Gasteiger partial charge in [0, 0.05) is 27.2 Å². The van der Waals surface area contributed by atoms with Gasteiger partial charge < -0.3 is 0 Å². The molecule has 3 heteroatoms. The number of nitrogens with zero attached hydrogens (tertiary/aromatic N) is 2. The van der Waals surface area contributed by atoms with Crippen molar-refractivity contribution >= 4 is 12.4 Å². The van der Waals surface area contributed by atoms with Crippen LogP contribution in [-0.4, -0.2) is 37.2 Å². The van der Waals surface area contributed by atoms with E-state index in [1.165, 1.54) is 0 Å². The van der Waals surface area contributed by atoms with Crippen LogP contribution >= 0.6 is 12.4 Å². The van der Waals surface area contributed by atoms with Crippen LogP contribution in [0.5, 0.6) is 0 Å². The molecule has 0 amide bonds. The Morgan fingerprint density at radius 3 is 1.64 bits per heavy atom. The lowest BCUT2D eigenvalue weighted by molar-refractivity contribution is 0.0522. The third-order valence-electron chi connectivity index (χ3n) is 1.25. The van der Waals surface area contributed by atoms with E-state index in [0.29, 0.717) is 0 Å². The maximum absolute atomic E-state index is 3.66. The number of hydrogen-bond donors (Lipinski definition) is 0. The summed E-state index contributed by atoms with van der Waals surface area (Å²) < 4.78 is 0. The highest BCUT2D eigenvalue weighted by atomic mass is 35.5. The Morgan fingerprint density at radius 1 is 1.09 bits per heavy atom. The molecular formula is C8H17ClN2. The molecule has 0 fully saturated rings. The monoisotopic (exact) mass is 176 g/mol. The minimum absolute atomic E-state index is 0. The second-order valence-corrected chi connectivity index (χ2v) is 2.30. The molecule has 66 valence electrons. The predicted octanol–water partition coefficient (Wildman–Crippen LogP) is 1.56. The maximum atomic E-state index is 3.66. The van der Waals surface area contributed by atoms with E-state index in [0.717, 1.165) is 13.1 Å². The molecule has 0 aromatic rings. The third-order valence-corrected chi connectivity index (χ3v) is 1.25. The van der Waals surface area contributed by atoms with Crippen LogP contribution in [0.2, 0.25) is 0 Å². The molecule has 0 saturated carbocycles. The highest BCUT2D eigenvalue weighted by Gasteiger charge is 2.00. The topological polar surface area (TPSA) is 6.48 Å². The molecule has 11 heavy (non-hydrogen) atoms. The van der Waals surface area contributed by atoms with Gasteiger partial charge in [-0.05, 0) is 0 Å². The summed E-state index contributed by atoms with van der Waals surface area (Å²) in [6.45, 7) is 9.07. The summed E-state index contributed by atoms with van der Waals surface area (Å²) in [5.74, 6) is 0. The maximum Gasteiger partial charge on any atom is 0.0314 e. The minimum Gasteiger partial charge on any atom is -0.247 e. The van der Waals surface area contributed by atoms with Crippen molar-refractivity contribution in [2.45, 2.75) is 0 Å². The second-order valence-electron chi connectivity index (χ2n) is 2.30. The fourth-order valence-electron chi connectivity index (χ4n) is 0.699. The first-order valence-electron chi connectivity index (χ1n) is 3.36. The molecule has 0 aromatic heterocycles. The van der Waals surface area contributed by atoms with Gasteiger partial charge in [-0.15, -0.1) is 25.6 Å². The normalized spacial score (nSPS) is 9.45. The molecule has 0 aromatic carbocycles. The van der Waals surface area contributed by atoms with Gasteiger partial charge >= 0.3 is 0 Å². The van der Waals surface area contributed by atoms with E-state index in [1.54, 1.807) is 0 Å². The zero-order valence-corrected chi connectivity index (χ0v) is 8.10. The Labute approximate surface area is 75.6 Å². The Hall–Kier alpha value is -0.310. The first-order chi connectivity index (χ1) is 4.72. The average Bonchev–Trinajstić information content (AvgIpc) is 1.87. The lowest BCUT2D eigenvalue weighted by Gasteiger charge is -2.25. The van der Waals surface area contributed by atoms with Gasteiger partial charge in [-0.2, -0.15) is 0 Å². The molecular weight excluding hydrogens is 160 g/mol. The molecule has 0 N–H and O–H groups in total. The minimum atomic E-state index is 0. The molecule has 0 rings (SSSR count). The van der Waals surface area contributed by atoms with E-state index in [9.17, 15) is 0 Å². The standard InChI is InChI=1S/C8H16N2.ClH/c1-5-7-10(8-6-2)9(3)4;/h5-6H,1-2,7-8H2,3-4H3;1H. The van der Waals surface area contributed by atoms with Crippen LogP contribution in [0.4, 0.5) is 0 Å². The van der Waals surface area contributed by atoms with E-state index < -0.39 is 0 Å². The van der Waals surface area contributed by atoms with E-state index >= 15 is 0 Å². The zero-order valence-electron chi connectivity index (χ0n) is 7.29. The largest absolute Gasteiger partial charge is 0.247 e. The molecule has 0 radical (unpaired) electrons. The molecule has 0 spiro atoms. The summed E-state index contributed by atoms with van der Waals surface area (Å²) in [5, 5.41) is 4.16. The number of rotatable bonds is 5. The van der Waals surface area contributed by atoms with Gasteiger partial charge in [0.05, 0.1) is 0 Å². The van der Waals surface area contributed by atoms with Crippen molar-refractivity contribution in [3.8, 4) is 0 Å². The van der Waals surface area contributed by atoms with Crippen LogP contribution in [0.15, 0.2) is 25.3 Å². The van der Waals surface area contributed by atoms with E-state index in [4.69, 9.17) is 0 Å². The Kier molecular flexibility index (Phi) is 9.42. The molecule has 0 unspecified atom stereocenters. The molecule has 2 nitrogen and oxygen atoms in total. The molecule has 0 atom stereocenters. The number of hydrazine groups is 1. The molecule has 0 saturated heterocycles. The van der Waals surface area contributed by atoms with Gasteiger partial charge in [0.1, 0.15) is 0 Å². The Bertz CT molecular complexity index is 103. The van der Waals surface area contributed by atoms with E-state index in [2.05, 4.69) is 18.2 Å². The van der Waals surface area contributed by atoms with Crippen molar-refractivity contribution in [3.05, 3.63) is 25.3 Å². The van der Waals surface area contributed by atoms with Crippen molar-refractivity contribution in [3.63, 3.8) is 0 Å². The number of halogens is 1. The van der Waals surface area contributed by atoms with E-state index in [-0.39, 0.29) is 12.4 Å². The van der Waals surface area contributed by atoms with Crippen LogP contribution in [0.25, 0.3) is 0 Å². The molecule has 0 aliphatic rings. The molecule has 0 aliphatic carbocycles. The summed E-state index contributed by atoms with van der Waals surface area (Å²) in [6.07, 6.45) is 3.76. The van der Waals surface area contributed by atoms with E-state index in [1.807, 2.05) is 31.3 Å². The lowest BCUT2D eigenvalue weighted by Crippen LogP contribution is -2.36. The number of hydrogen-bond acceptors (Lipinski definition) is 2. The highest BCUT2D eigenvalue weighted by molar-refractivity contribution is 5.85. The van der Waals surface area contributed by atoms with Crippen molar-refractivity contribution in [2.24, 2.45) is 0 Å². The highest BCUT2D eigenvalue weighted by Crippen LogP contribution is 1.90. The first kappa shape index (κ1) is 13.3. The Morgan fingerprint density at radius 2 is 1.45 bits per heavy atom. The summed E-state index contributed by atoms with van der Waals surface area (Å²) in [5.41, 5.74) is 0. The molecule has 0 heterocycles. The van der Waals surface area contributed by atoms with Gasteiger partial charge in [-0.1, -0.05) is 12.2 Å². The van der Waals surface area contributed by atoms with Crippen molar-refractivity contribution in [1.82, 2.24) is 10.0 Å². The van der Waals surface area contributed by atoms with Crippen LogP contribution in [0, 0.1) is 0 Å². The summed E-state index contributed by atoms with van der Waals surface area (Å²) in [7, 11) is 4.01. The van der Waals surface area contributed by atoms with Gasteiger partial charge in [0.25, 0.3) is 0 Å². The third kappa shape index (κ3) is 6.10. The fourth-order valence-corrected chi connectivity index (χ4v) is 0.699. The average molecular weight is 177 g/mol. The van der Waals surface area contributed by atoms with Crippen LogP contribution < -0.4 is 0 Å². The zero-order chi connectivity index (χ0) is 7.98. The van der Waals surface area contributed by atoms with Gasteiger partial charge in [-0.3, -0.25) is 0 Å². The van der Waals surface area contributed by atoms with Crippen molar-refractivity contribution < 1.29 is 0 Å². The van der Waals surface area contributed by atoms with Crippen LogP contribution in [-0.2, 0) is 0 Å². The summed E-state index contributed by atoms with van der Waals surface area (Å²) >= 11 is 0. The quantitative estimate of drug-likeness (QED) is 0.464. The first-order valence-corrected chi connectivity index (χ1v) is 3.36. The van der Waals surface area contributed by atoms with Crippen molar-refractivity contribution in [1.29, 1.82) is 0 Å². The predicted molar refractivity (Wildman–Crippen MR) is 52.9 cm³/mol. The van der Waals surface area contributed by atoms with Crippen molar-refractivity contribution in [2.75, 3.05) is 27.2 Å². The smallest absolute Gasteiger partial charge is 0.0314 e. The van der Waals surface area contributed by atoms with Crippen LogP contribution in [0.1, 0.15) is 0 Å². The Balaban J connectivity index is 0. The molecule has 0 bridgehead atoms. The van der Waals surface area contributed by atoms with Gasteiger partial charge in [0.15, 0.2) is 0 Å². The summed E-state index contributed by atoms with van der Waals surface area (Å²) in [4.78, 5) is 0. The fraction of sp³-hybridized carbons (Fsp3) is 0.500. The lowest BCUT2D eigenvalue weighted by atomic mass is 10.5. The summed E-state index contributed by atoms with van der Waals surface area (Å²) in [6, 6.07) is 0.